The minimum Gasteiger partial charge on any atom is -0.455 e. The highest BCUT2D eigenvalue weighted by Gasteiger charge is 2.69. The summed E-state index contributed by atoms with van der Waals surface area (Å²) >= 11 is 11.6. The normalized spacial score (nSPS) is 23.0. The van der Waals surface area contributed by atoms with Gasteiger partial charge in [0.2, 0.25) is 0 Å². The third-order valence-electron chi connectivity index (χ3n) is 3.19. The Kier molecular flexibility index (Phi) is 3.93. The molecule has 1 N–H and O–H groups in total. The Balaban J connectivity index is 1.85. The number of amides is 1. The van der Waals surface area contributed by atoms with E-state index in [-0.39, 0.29) is 12.1 Å². The first-order chi connectivity index (χ1) is 9.26. The molecule has 108 valence electrons. The average molecular weight is 320 g/mol. The molecule has 0 saturated heterocycles. The second kappa shape index (κ2) is 5.22. The molecule has 0 aromatic heterocycles. The molecule has 0 bridgehead atoms. The van der Waals surface area contributed by atoms with Crippen molar-refractivity contribution in [2.24, 2.45) is 5.41 Å². The maximum Gasteiger partial charge on any atom is 0.315 e. The predicted octanol–water partition coefficient (Wildman–Crippen LogP) is 2.89. The fraction of sp³-hybridized carbons (Fsp3) is 0.385. The molecule has 0 aliphatic heterocycles. The first-order valence-corrected chi connectivity index (χ1v) is 6.61. The lowest BCUT2D eigenvalue weighted by Crippen LogP contribution is -2.27. The fourth-order valence-electron chi connectivity index (χ4n) is 1.66. The monoisotopic (exact) mass is 319 g/mol. The third kappa shape index (κ3) is 2.88. The molecule has 4 nitrogen and oxygen atoms in total. The van der Waals surface area contributed by atoms with Gasteiger partial charge in [0.05, 0.1) is 5.69 Å². The van der Waals surface area contributed by atoms with Crippen LogP contribution in [-0.4, -0.2) is 22.8 Å². The summed E-state index contributed by atoms with van der Waals surface area (Å²) in [5.41, 5.74) is -0.968. The van der Waals surface area contributed by atoms with Gasteiger partial charge in [0.25, 0.3) is 5.91 Å². The SMILES string of the molecule is C[C@]1(C(=O)OCC(=O)Nc2ccccc2F)CC1(Cl)Cl. The number of hydrogen-bond donors (Lipinski definition) is 1. The van der Waals surface area contributed by atoms with Crippen molar-refractivity contribution in [1.29, 1.82) is 0 Å². The summed E-state index contributed by atoms with van der Waals surface area (Å²) in [7, 11) is 0. The summed E-state index contributed by atoms with van der Waals surface area (Å²) in [6.45, 7) is 1.04. The van der Waals surface area contributed by atoms with E-state index in [1.54, 1.807) is 13.0 Å². The van der Waals surface area contributed by atoms with Crippen molar-refractivity contribution in [2.45, 2.75) is 17.7 Å². The third-order valence-corrected chi connectivity index (χ3v) is 4.29. The second-order valence-corrected chi connectivity index (χ2v) is 6.30. The summed E-state index contributed by atoms with van der Waals surface area (Å²) in [5.74, 6) is -1.85. The van der Waals surface area contributed by atoms with E-state index in [4.69, 9.17) is 27.9 Å². The van der Waals surface area contributed by atoms with Gasteiger partial charge in [-0.1, -0.05) is 12.1 Å². The van der Waals surface area contributed by atoms with Gasteiger partial charge in [-0.2, -0.15) is 0 Å². The summed E-state index contributed by atoms with van der Waals surface area (Å²) in [4.78, 5) is 23.3. The van der Waals surface area contributed by atoms with Crippen LogP contribution in [0, 0.1) is 11.2 Å². The molecule has 1 atom stereocenters. The van der Waals surface area contributed by atoms with E-state index < -0.39 is 34.0 Å². The van der Waals surface area contributed by atoms with Crippen LogP contribution >= 0.6 is 23.2 Å². The van der Waals surface area contributed by atoms with Crippen LogP contribution in [0.3, 0.4) is 0 Å². The number of carbonyl (C=O) groups is 2. The van der Waals surface area contributed by atoms with E-state index in [1.807, 2.05) is 0 Å². The molecule has 0 heterocycles. The number of alkyl halides is 2. The Morgan fingerprint density at radius 2 is 2.00 bits per heavy atom. The van der Waals surface area contributed by atoms with Crippen molar-refractivity contribution in [2.75, 3.05) is 11.9 Å². The number of carbonyl (C=O) groups excluding carboxylic acids is 2. The maximum atomic E-state index is 13.3. The van der Waals surface area contributed by atoms with Crippen molar-refractivity contribution in [3.8, 4) is 0 Å². The van der Waals surface area contributed by atoms with Gasteiger partial charge in [-0.05, 0) is 19.1 Å². The summed E-state index contributed by atoms with van der Waals surface area (Å²) in [5, 5.41) is 2.30. The van der Waals surface area contributed by atoms with Crippen LogP contribution in [-0.2, 0) is 14.3 Å². The molecule has 1 fully saturated rings. The Hall–Kier alpha value is -1.33. The second-order valence-electron chi connectivity index (χ2n) is 4.82. The summed E-state index contributed by atoms with van der Waals surface area (Å²) in [6.07, 6.45) is 0.275. The van der Waals surface area contributed by atoms with Gasteiger partial charge >= 0.3 is 5.97 Å². The number of esters is 1. The van der Waals surface area contributed by atoms with Crippen molar-refractivity contribution >= 4 is 40.8 Å². The topological polar surface area (TPSA) is 55.4 Å². The molecule has 0 radical (unpaired) electrons. The van der Waals surface area contributed by atoms with Gasteiger partial charge in [0.1, 0.15) is 15.6 Å². The lowest BCUT2D eigenvalue weighted by Gasteiger charge is -2.12. The van der Waals surface area contributed by atoms with Gasteiger partial charge in [-0.3, -0.25) is 9.59 Å². The number of nitrogens with one attached hydrogen (secondary N) is 1. The zero-order chi connectivity index (χ0) is 15.0. The van der Waals surface area contributed by atoms with Gasteiger partial charge in [0.15, 0.2) is 6.61 Å². The molecule has 0 spiro atoms. The molecule has 1 amide bonds. The van der Waals surface area contributed by atoms with E-state index in [2.05, 4.69) is 5.32 Å². The molecule has 1 saturated carbocycles. The quantitative estimate of drug-likeness (QED) is 0.685. The van der Waals surface area contributed by atoms with Crippen LogP contribution in [0.4, 0.5) is 10.1 Å². The first kappa shape index (κ1) is 15.1. The largest absolute Gasteiger partial charge is 0.455 e. The average Bonchev–Trinajstić information content (AvgIpc) is 2.90. The summed E-state index contributed by atoms with van der Waals surface area (Å²) in [6, 6.07) is 5.69. The highest BCUT2D eigenvalue weighted by atomic mass is 35.5. The number of hydrogen-bond acceptors (Lipinski definition) is 3. The lowest BCUT2D eigenvalue weighted by molar-refractivity contribution is -0.152. The van der Waals surface area contributed by atoms with Crippen LogP contribution in [0.15, 0.2) is 24.3 Å². The van der Waals surface area contributed by atoms with Crippen LogP contribution in [0.25, 0.3) is 0 Å². The maximum absolute atomic E-state index is 13.3. The Labute approximate surface area is 125 Å². The first-order valence-electron chi connectivity index (χ1n) is 5.86. The zero-order valence-electron chi connectivity index (χ0n) is 10.6. The number of halogens is 3. The van der Waals surface area contributed by atoms with Gasteiger partial charge in [-0.15, -0.1) is 23.2 Å². The summed E-state index contributed by atoms with van der Waals surface area (Å²) < 4.78 is 17.0. The van der Waals surface area contributed by atoms with Gasteiger partial charge in [-0.25, -0.2) is 4.39 Å². The molecule has 7 heteroatoms. The number of benzene rings is 1. The Bertz CT molecular complexity index is 564. The molecule has 1 aliphatic carbocycles. The fourth-order valence-corrected chi connectivity index (χ4v) is 2.35. The van der Waals surface area contributed by atoms with E-state index in [0.29, 0.717) is 0 Å². The van der Waals surface area contributed by atoms with Crippen LogP contribution in [0.1, 0.15) is 13.3 Å². The molecule has 1 aromatic carbocycles. The van der Waals surface area contributed by atoms with Crippen LogP contribution in [0.2, 0.25) is 0 Å². The number of ether oxygens (including phenoxy) is 1. The van der Waals surface area contributed by atoms with E-state index in [9.17, 15) is 14.0 Å². The van der Waals surface area contributed by atoms with Crippen molar-refractivity contribution in [1.82, 2.24) is 0 Å². The smallest absolute Gasteiger partial charge is 0.315 e. The van der Waals surface area contributed by atoms with Crippen LogP contribution in [0.5, 0.6) is 0 Å². The molecule has 0 unspecified atom stereocenters. The molecular formula is C13H12Cl2FNO3. The van der Waals surface area contributed by atoms with Gasteiger partial charge < -0.3 is 10.1 Å². The molecule has 20 heavy (non-hydrogen) atoms. The van der Waals surface area contributed by atoms with E-state index >= 15 is 0 Å². The highest BCUT2D eigenvalue weighted by Crippen LogP contribution is 2.64. The minimum atomic E-state index is -1.15. The Morgan fingerprint density at radius 3 is 2.55 bits per heavy atom. The number of anilines is 1. The molecular weight excluding hydrogens is 308 g/mol. The van der Waals surface area contributed by atoms with Crippen molar-refractivity contribution < 1.29 is 18.7 Å². The van der Waals surface area contributed by atoms with E-state index in [1.165, 1.54) is 18.2 Å². The number of para-hydroxylation sites is 1. The number of rotatable bonds is 4. The van der Waals surface area contributed by atoms with Crippen molar-refractivity contribution in [3.05, 3.63) is 30.1 Å². The minimum absolute atomic E-state index is 0.0233. The van der Waals surface area contributed by atoms with E-state index in [0.717, 1.165) is 0 Å². The zero-order valence-corrected chi connectivity index (χ0v) is 12.1. The molecule has 1 aliphatic rings. The lowest BCUT2D eigenvalue weighted by atomic mass is 10.1. The molecule has 1 aromatic rings. The van der Waals surface area contributed by atoms with Crippen LogP contribution < -0.4 is 5.32 Å². The predicted molar refractivity (Wildman–Crippen MR) is 73.1 cm³/mol. The standard InChI is InChI=1S/C13H12Cl2FNO3/c1-12(7-13(12,14)15)11(19)20-6-10(18)17-9-5-3-2-4-8(9)16/h2-5H,6-7H2,1H3,(H,17,18)/t12-/m1/s1. The van der Waals surface area contributed by atoms with Gasteiger partial charge in [0, 0.05) is 6.42 Å². The Morgan fingerprint density at radius 1 is 1.40 bits per heavy atom. The highest BCUT2D eigenvalue weighted by molar-refractivity contribution is 6.53. The molecule has 2 rings (SSSR count). The van der Waals surface area contributed by atoms with Crippen molar-refractivity contribution in [3.63, 3.8) is 0 Å².